The zero-order chi connectivity index (χ0) is 13.9. The SMILES string of the molecule is CC1CN(CC(O)(CN)c2ccccc2)C(C)CO1. The first-order valence-corrected chi connectivity index (χ1v) is 6.89. The molecular weight excluding hydrogens is 240 g/mol. The van der Waals surface area contributed by atoms with Crippen molar-refractivity contribution in [1.29, 1.82) is 0 Å². The van der Waals surface area contributed by atoms with Crippen LogP contribution in [-0.2, 0) is 10.3 Å². The molecule has 0 spiro atoms. The lowest BCUT2D eigenvalue weighted by atomic mass is 9.92. The third-order valence-corrected chi connectivity index (χ3v) is 3.85. The Morgan fingerprint density at radius 1 is 1.37 bits per heavy atom. The van der Waals surface area contributed by atoms with Gasteiger partial charge in [0, 0.05) is 25.7 Å². The Hall–Kier alpha value is -0.940. The van der Waals surface area contributed by atoms with Crippen molar-refractivity contribution in [3.8, 4) is 0 Å². The fourth-order valence-corrected chi connectivity index (χ4v) is 2.55. The molecule has 1 heterocycles. The predicted molar refractivity (Wildman–Crippen MR) is 75.8 cm³/mol. The molecule has 1 saturated heterocycles. The van der Waals surface area contributed by atoms with E-state index in [1.165, 1.54) is 0 Å². The molecule has 0 bridgehead atoms. The second-order valence-corrected chi connectivity index (χ2v) is 5.52. The highest BCUT2D eigenvalue weighted by atomic mass is 16.5. The molecule has 0 amide bonds. The van der Waals surface area contributed by atoms with E-state index in [4.69, 9.17) is 10.5 Å². The van der Waals surface area contributed by atoms with Crippen LogP contribution in [0.3, 0.4) is 0 Å². The van der Waals surface area contributed by atoms with Gasteiger partial charge in [0.2, 0.25) is 0 Å². The van der Waals surface area contributed by atoms with Gasteiger partial charge < -0.3 is 15.6 Å². The Morgan fingerprint density at radius 3 is 2.68 bits per heavy atom. The molecule has 0 saturated carbocycles. The smallest absolute Gasteiger partial charge is 0.114 e. The number of morpholine rings is 1. The van der Waals surface area contributed by atoms with Crippen molar-refractivity contribution in [1.82, 2.24) is 4.90 Å². The number of β-amino-alcohol motifs (C(OH)–C–C–N with tert-alkyl or cyclic N) is 1. The zero-order valence-corrected chi connectivity index (χ0v) is 11.7. The van der Waals surface area contributed by atoms with Gasteiger partial charge >= 0.3 is 0 Å². The van der Waals surface area contributed by atoms with Gasteiger partial charge in [-0.3, -0.25) is 4.90 Å². The Balaban J connectivity index is 2.14. The van der Waals surface area contributed by atoms with E-state index in [9.17, 15) is 5.11 Å². The summed E-state index contributed by atoms with van der Waals surface area (Å²) >= 11 is 0. The normalized spacial score (nSPS) is 28.0. The Morgan fingerprint density at radius 2 is 2.05 bits per heavy atom. The number of hydrogen-bond acceptors (Lipinski definition) is 4. The molecule has 4 heteroatoms. The second-order valence-electron chi connectivity index (χ2n) is 5.52. The van der Waals surface area contributed by atoms with Crippen molar-refractivity contribution >= 4 is 0 Å². The van der Waals surface area contributed by atoms with Crippen LogP contribution in [0.2, 0.25) is 0 Å². The molecule has 2 rings (SSSR count). The van der Waals surface area contributed by atoms with Gasteiger partial charge in [-0.1, -0.05) is 30.3 Å². The Bertz CT molecular complexity index is 398. The molecule has 0 aliphatic carbocycles. The number of nitrogens with zero attached hydrogens (tertiary/aromatic N) is 1. The molecule has 0 aromatic heterocycles. The fraction of sp³-hybridized carbons (Fsp3) is 0.600. The van der Waals surface area contributed by atoms with Crippen LogP contribution in [0.15, 0.2) is 30.3 Å². The molecule has 1 aromatic rings. The summed E-state index contributed by atoms with van der Waals surface area (Å²) in [7, 11) is 0. The number of rotatable bonds is 4. The monoisotopic (exact) mass is 264 g/mol. The van der Waals surface area contributed by atoms with E-state index in [2.05, 4.69) is 18.7 Å². The highest BCUT2D eigenvalue weighted by Crippen LogP contribution is 2.24. The molecule has 0 radical (unpaired) electrons. The third-order valence-electron chi connectivity index (χ3n) is 3.85. The third kappa shape index (κ3) is 3.34. The summed E-state index contributed by atoms with van der Waals surface area (Å²) in [5.74, 6) is 0. The van der Waals surface area contributed by atoms with Gasteiger partial charge in [-0.25, -0.2) is 0 Å². The standard InChI is InChI=1S/C15H24N2O2/c1-12-9-19-13(2)8-17(12)11-15(18,10-16)14-6-4-3-5-7-14/h3-7,12-13,18H,8-11,16H2,1-2H3. The quantitative estimate of drug-likeness (QED) is 0.850. The van der Waals surface area contributed by atoms with Crippen LogP contribution in [0.1, 0.15) is 19.4 Å². The molecule has 1 fully saturated rings. The number of hydrogen-bond donors (Lipinski definition) is 2. The van der Waals surface area contributed by atoms with Crippen molar-refractivity contribution in [3.63, 3.8) is 0 Å². The second kappa shape index (κ2) is 6.01. The van der Waals surface area contributed by atoms with Crippen molar-refractivity contribution in [2.75, 3.05) is 26.2 Å². The van der Waals surface area contributed by atoms with Crippen LogP contribution >= 0.6 is 0 Å². The molecule has 106 valence electrons. The molecular formula is C15H24N2O2. The lowest BCUT2D eigenvalue weighted by Crippen LogP contribution is -2.54. The summed E-state index contributed by atoms with van der Waals surface area (Å²) in [4.78, 5) is 2.26. The van der Waals surface area contributed by atoms with Gasteiger partial charge in [0.1, 0.15) is 5.60 Å². The fourth-order valence-electron chi connectivity index (χ4n) is 2.55. The first-order valence-electron chi connectivity index (χ1n) is 6.89. The van der Waals surface area contributed by atoms with E-state index < -0.39 is 5.60 Å². The zero-order valence-electron chi connectivity index (χ0n) is 11.7. The van der Waals surface area contributed by atoms with Gasteiger partial charge in [-0.15, -0.1) is 0 Å². The topological polar surface area (TPSA) is 58.7 Å². The van der Waals surface area contributed by atoms with E-state index in [0.29, 0.717) is 19.2 Å². The van der Waals surface area contributed by atoms with Gasteiger partial charge in [-0.05, 0) is 19.4 Å². The molecule has 4 nitrogen and oxygen atoms in total. The average molecular weight is 264 g/mol. The maximum Gasteiger partial charge on any atom is 0.114 e. The van der Waals surface area contributed by atoms with Crippen LogP contribution in [-0.4, -0.2) is 48.4 Å². The number of nitrogens with two attached hydrogens (primary N) is 1. The Labute approximate surface area is 115 Å². The van der Waals surface area contributed by atoms with E-state index in [0.717, 1.165) is 12.1 Å². The van der Waals surface area contributed by atoms with Crippen molar-refractivity contribution in [3.05, 3.63) is 35.9 Å². The number of benzene rings is 1. The maximum atomic E-state index is 10.8. The van der Waals surface area contributed by atoms with E-state index in [-0.39, 0.29) is 12.6 Å². The van der Waals surface area contributed by atoms with Gasteiger partial charge in [0.15, 0.2) is 0 Å². The van der Waals surface area contributed by atoms with Gasteiger partial charge in [-0.2, -0.15) is 0 Å². The van der Waals surface area contributed by atoms with Crippen LogP contribution in [0.5, 0.6) is 0 Å². The van der Waals surface area contributed by atoms with Crippen molar-refractivity contribution in [2.24, 2.45) is 5.73 Å². The summed E-state index contributed by atoms with van der Waals surface area (Å²) < 4.78 is 5.62. The lowest BCUT2D eigenvalue weighted by molar-refractivity contribution is -0.0833. The predicted octanol–water partition coefficient (Wildman–Crippen LogP) is 0.942. The lowest BCUT2D eigenvalue weighted by Gasteiger charge is -2.41. The van der Waals surface area contributed by atoms with Crippen LogP contribution in [0.25, 0.3) is 0 Å². The minimum atomic E-state index is -0.993. The summed E-state index contributed by atoms with van der Waals surface area (Å²) in [6.45, 7) is 6.47. The summed E-state index contributed by atoms with van der Waals surface area (Å²) in [5, 5.41) is 10.8. The van der Waals surface area contributed by atoms with E-state index >= 15 is 0 Å². The minimum Gasteiger partial charge on any atom is -0.382 e. The van der Waals surface area contributed by atoms with Crippen molar-refractivity contribution < 1.29 is 9.84 Å². The van der Waals surface area contributed by atoms with Crippen LogP contribution in [0.4, 0.5) is 0 Å². The van der Waals surface area contributed by atoms with Crippen LogP contribution < -0.4 is 5.73 Å². The molecule has 1 aromatic carbocycles. The first-order chi connectivity index (χ1) is 9.05. The molecule has 3 unspecified atom stereocenters. The molecule has 3 N–H and O–H groups in total. The van der Waals surface area contributed by atoms with Crippen LogP contribution in [0, 0.1) is 0 Å². The molecule has 1 aliphatic rings. The number of ether oxygens (including phenoxy) is 1. The highest BCUT2D eigenvalue weighted by molar-refractivity contribution is 5.23. The summed E-state index contributed by atoms with van der Waals surface area (Å²) in [6, 6.07) is 9.98. The minimum absolute atomic E-state index is 0.203. The van der Waals surface area contributed by atoms with Gasteiger partial charge in [0.25, 0.3) is 0 Å². The van der Waals surface area contributed by atoms with E-state index in [1.54, 1.807) is 0 Å². The highest BCUT2D eigenvalue weighted by Gasteiger charge is 2.34. The van der Waals surface area contributed by atoms with Gasteiger partial charge in [0.05, 0.1) is 12.7 Å². The average Bonchev–Trinajstić information content (AvgIpc) is 2.44. The molecule has 19 heavy (non-hydrogen) atoms. The summed E-state index contributed by atoms with van der Waals surface area (Å²) in [6.07, 6.45) is 0.203. The van der Waals surface area contributed by atoms with E-state index in [1.807, 2.05) is 30.3 Å². The molecule has 1 aliphatic heterocycles. The molecule has 3 atom stereocenters. The summed E-state index contributed by atoms with van der Waals surface area (Å²) in [5.41, 5.74) is 5.71. The first kappa shape index (κ1) is 14.5. The maximum absolute atomic E-state index is 10.8. The van der Waals surface area contributed by atoms with Crippen molar-refractivity contribution in [2.45, 2.75) is 31.6 Å². The largest absolute Gasteiger partial charge is 0.382 e. The number of aliphatic hydroxyl groups is 1. The Kier molecular flexibility index (Phi) is 4.58.